The van der Waals surface area contributed by atoms with Gasteiger partial charge in [-0.1, -0.05) is 17.3 Å². The molecule has 9 heteroatoms. The number of aliphatic imine (C=N–C) groups is 1. The van der Waals surface area contributed by atoms with E-state index in [4.69, 9.17) is 4.52 Å². The van der Waals surface area contributed by atoms with Gasteiger partial charge in [0.2, 0.25) is 0 Å². The zero-order valence-corrected chi connectivity index (χ0v) is 15.0. The molecule has 1 saturated heterocycles. The van der Waals surface area contributed by atoms with Crippen LogP contribution in [0.5, 0.6) is 0 Å². The molecular formula is C18H22F3N5O. The highest BCUT2D eigenvalue weighted by molar-refractivity contribution is 5.79. The average Bonchev–Trinajstić information content (AvgIpc) is 3.30. The lowest BCUT2D eigenvalue weighted by molar-refractivity contribution is -0.137. The Hall–Kier alpha value is -2.55. The van der Waals surface area contributed by atoms with E-state index >= 15 is 0 Å². The van der Waals surface area contributed by atoms with Gasteiger partial charge in [0, 0.05) is 38.8 Å². The molecule has 6 nitrogen and oxygen atoms in total. The number of guanidine groups is 1. The lowest BCUT2D eigenvalue weighted by atomic mass is 10.1. The second kappa shape index (κ2) is 8.43. The maximum atomic E-state index is 12.6. The van der Waals surface area contributed by atoms with Gasteiger partial charge in [-0.25, -0.2) is 0 Å². The molecular weight excluding hydrogens is 359 g/mol. The van der Waals surface area contributed by atoms with Crippen LogP contribution < -0.4 is 10.6 Å². The molecule has 1 unspecified atom stereocenters. The van der Waals surface area contributed by atoms with Crippen LogP contribution in [0.4, 0.5) is 13.2 Å². The molecule has 0 aliphatic carbocycles. The largest absolute Gasteiger partial charge is 0.416 e. The molecule has 1 atom stereocenters. The summed E-state index contributed by atoms with van der Waals surface area (Å²) in [7, 11) is 1.70. The molecule has 1 aromatic carbocycles. The summed E-state index contributed by atoms with van der Waals surface area (Å²) < 4.78 is 42.7. The first-order chi connectivity index (χ1) is 12.9. The van der Waals surface area contributed by atoms with E-state index in [1.165, 1.54) is 6.26 Å². The molecule has 1 aliphatic rings. The number of alkyl halides is 3. The monoisotopic (exact) mass is 381 g/mol. The van der Waals surface area contributed by atoms with Gasteiger partial charge in [0.1, 0.15) is 12.0 Å². The minimum atomic E-state index is -4.30. The fourth-order valence-corrected chi connectivity index (χ4v) is 3.04. The van der Waals surface area contributed by atoms with Gasteiger partial charge in [0.05, 0.1) is 12.1 Å². The molecule has 0 spiro atoms. The van der Waals surface area contributed by atoms with Gasteiger partial charge in [0.15, 0.2) is 5.96 Å². The van der Waals surface area contributed by atoms with Gasteiger partial charge in [-0.2, -0.15) is 13.2 Å². The summed E-state index contributed by atoms with van der Waals surface area (Å²) in [5.41, 5.74) is 1.04. The van der Waals surface area contributed by atoms with Gasteiger partial charge in [-0.15, -0.1) is 0 Å². The van der Waals surface area contributed by atoms with Gasteiger partial charge in [-0.05, 0) is 24.1 Å². The third kappa shape index (κ3) is 5.46. The smallest absolute Gasteiger partial charge is 0.364 e. The van der Waals surface area contributed by atoms with Crippen molar-refractivity contribution in [2.45, 2.75) is 31.7 Å². The Morgan fingerprint density at radius 2 is 2.07 bits per heavy atom. The summed E-state index contributed by atoms with van der Waals surface area (Å²) >= 11 is 0. The quantitative estimate of drug-likeness (QED) is 0.616. The predicted octanol–water partition coefficient (Wildman–Crippen LogP) is 2.63. The van der Waals surface area contributed by atoms with Gasteiger partial charge in [-0.3, -0.25) is 9.89 Å². The first-order valence-corrected chi connectivity index (χ1v) is 8.69. The Bertz CT molecular complexity index is 743. The van der Waals surface area contributed by atoms with Crippen molar-refractivity contribution < 1.29 is 17.7 Å². The van der Waals surface area contributed by atoms with E-state index in [-0.39, 0.29) is 6.04 Å². The summed E-state index contributed by atoms with van der Waals surface area (Å²) in [6, 6.07) is 7.36. The third-order valence-electron chi connectivity index (χ3n) is 4.45. The topological polar surface area (TPSA) is 65.7 Å². The maximum absolute atomic E-state index is 12.6. The summed E-state index contributed by atoms with van der Waals surface area (Å²) in [4.78, 5) is 6.42. The van der Waals surface area contributed by atoms with Crippen molar-refractivity contribution in [2.75, 3.05) is 20.1 Å². The molecule has 2 aromatic rings. The Morgan fingerprint density at radius 1 is 1.30 bits per heavy atom. The third-order valence-corrected chi connectivity index (χ3v) is 4.45. The van der Waals surface area contributed by atoms with Crippen molar-refractivity contribution >= 4 is 5.96 Å². The van der Waals surface area contributed by atoms with E-state index in [0.717, 1.165) is 42.9 Å². The highest BCUT2D eigenvalue weighted by atomic mass is 19.4. The van der Waals surface area contributed by atoms with Crippen molar-refractivity contribution in [3.63, 3.8) is 0 Å². The summed E-state index contributed by atoms with van der Waals surface area (Å²) in [6.07, 6.45) is -1.84. The molecule has 0 amide bonds. The van der Waals surface area contributed by atoms with Crippen LogP contribution in [0.25, 0.3) is 0 Å². The number of aromatic nitrogens is 1. The Kier molecular flexibility index (Phi) is 6.00. The minimum absolute atomic E-state index is 0.225. The van der Waals surface area contributed by atoms with E-state index in [0.29, 0.717) is 19.0 Å². The summed E-state index contributed by atoms with van der Waals surface area (Å²) in [6.45, 7) is 2.81. The number of hydrogen-bond donors (Lipinski definition) is 2. The average molecular weight is 381 g/mol. The molecule has 1 fully saturated rings. The molecule has 2 N–H and O–H groups in total. The number of hydrogen-bond acceptors (Lipinski definition) is 4. The molecule has 1 aliphatic heterocycles. The van der Waals surface area contributed by atoms with Crippen LogP contribution in [0, 0.1) is 0 Å². The van der Waals surface area contributed by atoms with Crippen LogP contribution in [-0.2, 0) is 19.3 Å². The lowest BCUT2D eigenvalue weighted by Gasteiger charge is -2.19. The molecule has 3 rings (SSSR count). The van der Waals surface area contributed by atoms with Crippen molar-refractivity contribution in [3.8, 4) is 0 Å². The van der Waals surface area contributed by atoms with Crippen molar-refractivity contribution in [1.29, 1.82) is 0 Å². The van der Waals surface area contributed by atoms with E-state index in [2.05, 4.69) is 25.7 Å². The van der Waals surface area contributed by atoms with Crippen LogP contribution >= 0.6 is 0 Å². The highest BCUT2D eigenvalue weighted by Gasteiger charge is 2.30. The van der Waals surface area contributed by atoms with Gasteiger partial charge in [0.25, 0.3) is 0 Å². The van der Waals surface area contributed by atoms with Crippen LogP contribution in [-0.4, -0.2) is 42.2 Å². The summed E-state index contributed by atoms with van der Waals surface area (Å²) in [5, 5.41) is 10.4. The molecule has 27 heavy (non-hydrogen) atoms. The van der Waals surface area contributed by atoms with E-state index < -0.39 is 11.7 Å². The minimum Gasteiger partial charge on any atom is -0.364 e. The lowest BCUT2D eigenvalue weighted by Crippen LogP contribution is -2.44. The summed E-state index contributed by atoms with van der Waals surface area (Å²) in [5.74, 6) is 0.680. The molecule has 2 heterocycles. The Morgan fingerprint density at radius 3 is 2.70 bits per heavy atom. The first-order valence-electron chi connectivity index (χ1n) is 8.69. The number of rotatable bonds is 5. The van der Waals surface area contributed by atoms with Crippen LogP contribution in [0.1, 0.15) is 23.2 Å². The fourth-order valence-electron chi connectivity index (χ4n) is 3.04. The second-order valence-electron chi connectivity index (χ2n) is 6.48. The standard InChI is InChI=1S/C18H22F3N5O/c1-22-17(23-10-15-7-9-27-25-15)24-16-6-8-26(12-16)11-13-2-4-14(5-3-13)18(19,20)21/h2-5,7,9,16H,6,8,10-12H2,1H3,(H2,22,23,24). The zero-order chi connectivity index (χ0) is 19.3. The molecule has 1 aromatic heterocycles. The molecule has 0 saturated carbocycles. The highest BCUT2D eigenvalue weighted by Crippen LogP contribution is 2.29. The van der Waals surface area contributed by atoms with Crippen molar-refractivity contribution in [3.05, 3.63) is 53.4 Å². The fraction of sp³-hybridized carbons (Fsp3) is 0.444. The Balaban J connectivity index is 1.46. The number of halogens is 3. The first kappa shape index (κ1) is 19.2. The SMILES string of the molecule is CN=C(NCc1ccon1)NC1CCN(Cc2ccc(C(F)(F)F)cc2)C1. The number of nitrogens with zero attached hydrogens (tertiary/aromatic N) is 3. The van der Waals surface area contributed by atoms with Gasteiger partial charge >= 0.3 is 6.18 Å². The predicted molar refractivity (Wildman–Crippen MR) is 95.0 cm³/mol. The van der Waals surface area contributed by atoms with Crippen LogP contribution in [0.3, 0.4) is 0 Å². The van der Waals surface area contributed by atoms with Crippen molar-refractivity contribution in [2.24, 2.45) is 4.99 Å². The van der Waals surface area contributed by atoms with E-state index in [9.17, 15) is 13.2 Å². The maximum Gasteiger partial charge on any atom is 0.416 e. The number of likely N-dealkylation sites (tertiary alicyclic amines) is 1. The number of benzene rings is 1. The van der Waals surface area contributed by atoms with Gasteiger partial charge < -0.3 is 15.2 Å². The number of nitrogens with one attached hydrogen (secondary N) is 2. The van der Waals surface area contributed by atoms with Crippen molar-refractivity contribution in [1.82, 2.24) is 20.7 Å². The van der Waals surface area contributed by atoms with Crippen LogP contribution in [0.2, 0.25) is 0 Å². The zero-order valence-electron chi connectivity index (χ0n) is 15.0. The van der Waals surface area contributed by atoms with E-state index in [1.807, 2.05) is 0 Å². The Labute approximate surface area is 155 Å². The van der Waals surface area contributed by atoms with E-state index in [1.54, 1.807) is 25.2 Å². The molecule has 146 valence electrons. The second-order valence-corrected chi connectivity index (χ2v) is 6.48. The molecule has 0 radical (unpaired) electrons. The van der Waals surface area contributed by atoms with Crippen LogP contribution in [0.15, 0.2) is 46.1 Å². The normalized spacial score (nSPS) is 18.7. The molecule has 0 bridgehead atoms.